The van der Waals surface area contributed by atoms with Crippen molar-refractivity contribution in [2.75, 3.05) is 5.73 Å². The SMILES string of the molecule is Cc1nn(C2CC(C)OC(C)C2)c(N)c1Cl. The molecule has 0 bridgehead atoms. The predicted octanol–water partition coefficient (Wildman–Crippen LogP) is 2.56. The molecule has 2 N–H and O–H groups in total. The van der Waals surface area contributed by atoms with Crippen molar-refractivity contribution in [1.29, 1.82) is 0 Å². The molecule has 1 fully saturated rings. The van der Waals surface area contributed by atoms with Gasteiger partial charge in [0, 0.05) is 0 Å². The van der Waals surface area contributed by atoms with E-state index in [1.165, 1.54) is 0 Å². The Balaban J connectivity index is 2.26. The smallest absolute Gasteiger partial charge is 0.141 e. The third-order valence-electron chi connectivity index (χ3n) is 3.07. The Hall–Kier alpha value is -0.740. The minimum absolute atomic E-state index is 0.247. The molecule has 4 nitrogen and oxygen atoms in total. The second-order valence-electron chi connectivity index (χ2n) is 4.61. The highest BCUT2D eigenvalue weighted by molar-refractivity contribution is 6.33. The first-order chi connectivity index (χ1) is 7.49. The van der Waals surface area contributed by atoms with Gasteiger partial charge in [0.2, 0.25) is 0 Å². The first-order valence-electron chi connectivity index (χ1n) is 5.64. The average Bonchev–Trinajstić information content (AvgIpc) is 2.44. The van der Waals surface area contributed by atoms with Gasteiger partial charge in [0.05, 0.1) is 23.9 Å². The number of nitrogen functional groups attached to an aromatic ring is 1. The van der Waals surface area contributed by atoms with Crippen molar-refractivity contribution >= 4 is 17.4 Å². The van der Waals surface area contributed by atoms with E-state index in [0.717, 1.165) is 18.5 Å². The van der Waals surface area contributed by atoms with Crippen LogP contribution in [-0.4, -0.2) is 22.0 Å². The zero-order valence-electron chi connectivity index (χ0n) is 9.90. The fourth-order valence-electron chi connectivity index (χ4n) is 2.39. The van der Waals surface area contributed by atoms with Crippen LogP contribution in [0.4, 0.5) is 5.82 Å². The van der Waals surface area contributed by atoms with Crippen LogP contribution in [0.15, 0.2) is 0 Å². The Kier molecular flexibility index (Phi) is 3.13. The van der Waals surface area contributed by atoms with Gasteiger partial charge < -0.3 is 10.5 Å². The number of aromatic nitrogens is 2. The van der Waals surface area contributed by atoms with Gasteiger partial charge in [-0.25, -0.2) is 4.68 Å². The van der Waals surface area contributed by atoms with E-state index in [1.807, 2.05) is 11.6 Å². The Morgan fingerprint density at radius 3 is 2.38 bits per heavy atom. The summed E-state index contributed by atoms with van der Waals surface area (Å²) in [6, 6.07) is 0.296. The van der Waals surface area contributed by atoms with Crippen LogP contribution >= 0.6 is 11.6 Å². The van der Waals surface area contributed by atoms with Gasteiger partial charge in [-0.2, -0.15) is 5.10 Å². The molecule has 1 saturated heterocycles. The van der Waals surface area contributed by atoms with Crippen molar-refractivity contribution in [2.45, 2.75) is 51.9 Å². The molecule has 2 rings (SSSR count). The van der Waals surface area contributed by atoms with E-state index < -0.39 is 0 Å². The summed E-state index contributed by atoms with van der Waals surface area (Å²) in [7, 11) is 0. The summed E-state index contributed by atoms with van der Waals surface area (Å²) in [5.41, 5.74) is 6.75. The maximum atomic E-state index is 6.05. The van der Waals surface area contributed by atoms with Crippen LogP contribution in [0.25, 0.3) is 0 Å². The number of aryl methyl sites for hydroxylation is 1. The van der Waals surface area contributed by atoms with Gasteiger partial charge in [-0.05, 0) is 33.6 Å². The minimum atomic E-state index is 0.247. The molecular weight excluding hydrogens is 226 g/mol. The standard InChI is InChI=1S/C11H18ClN3O/c1-6-4-9(5-7(2)16-6)15-11(13)10(12)8(3)14-15/h6-7,9H,4-5,13H2,1-3H3. The zero-order chi connectivity index (χ0) is 11.9. The van der Waals surface area contributed by atoms with E-state index in [1.54, 1.807) is 0 Å². The summed E-state index contributed by atoms with van der Waals surface area (Å²) in [6.45, 7) is 6.04. The normalized spacial score (nSPS) is 30.6. The minimum Gasteiger partial charge on any atom is -0.383 e. The molecule has 90 valence electrons. The lowest BCUT2D eigenvalue weighted by atomic mass is 10.0. The molecule has 2 heterocycles. The first kappa shape index (κ1) is 11.7. The van der Waals surface area contributed by atoms with Crippen molar-refractivity contribution in [3.63, 3.8) is 0 Å². The number of nitrogens with two attached hydrogens (primary N) is 1. The molecule has 16 heavy (non-hydrogen) atoms. The summed E-state index contributed by atoms with van der Waals surface area (Å²) in [5, 5.41) is 4.98. The third-order valence-corrected chi connectivity index (χ3v) is 3.53. The average molecular weight is 244 g/mol. The summed E-state index contributed by atoms with van der Waals surface area (Å²) < 4.78 is 7.55. The van der Waals surface area contributed by atoms with E-state index in [9.17, 15) is 0 Å². The number of hydrogen-bond donors (Lipinski definition) is 1. The molecule has 1 aliphatic rings. The maximum absolute atomic E-state index is 6.05. The van der Waals surface area contributed by atoms with Crippen molar-refractivity contribution < 1.29 is 4.74 Å². The van der Waals surface area contributed by atoms with Crippen molar-refractivity contribution in [3.05, 3.63) is 10.7 Å². The van der Waals surface area contributed by atoms with Gasteiger partial charge in [0.25, 0.3) is 0 Å². The largest absolute Gasteiger partial charge is 0.383 e. The molecule has 1 aliphatic heterocycles. The van der Waals surface area contributed by atoms with E-state index in [0.29, 0.717) is 16.9 Å². The van der Waals surface area contributed by atoms with Crippen LogP contribution in [0.5, 0.6) is 0 Å². The number of halogens is 1. The molecule has 1 aromatic heterocycles. The van der Waals surface area contributed by atoms with Gasteiger partial charge in [0.15, 0.2) is 0 Å². The fourth-order valence-corrected chi connectivity index (χ4v) is 2.52. The van der Waals surface area contributed by atoms with Crippen molar-refractivity contribution in [1.82, 2.24) is 9.78 Å². The lowest BCUT2D eigenvalue weighted by Gasteiger charge is -2.32. The van der Waals surface area contributed by atoms with E-state index >= 15 is 0 Å². The Bertz CT molecular complexity index is 381. The lowest BCUT2D eigenvalue weighted by Crippen LogP contribution is -2.31. The zero-order valence-corrected chi connectivity index (χ0v) is 10.7. The number of anilines is 1. The number of rotatable bonds is 1. The molecule has 0 radical (unpaired) electrons. The summed E-state index contributed by atoms with van der Waals surface area (Å²) in [4.78, 5) is 0. The van der Waals surface area contributed by atoms with Crippen LogP contribution in [0.1, 0.15) is 38.4 Å². The molecule has 0 spiro atoms. The number of ether oxygens (including phenoxy) is 1. The second-order valence-corrected chi connectivity index (χ2v) is 4.99. The summed E-state index contributed by atoms with van der Waals surface area (Å²) in [6.07, 6.45) is 2.37. The highest BCUT2D eigenvalue weighted by Crippen LogP contribution is 2.33. The Morgan fingerprint density at radius 1 is 1.38 bits per heavy atom. The summed E-state index contributed by atoms with van der Waals surface area (Å²) >= 11 is 6.05. The highest BCUT2D eigenvalue weighted by atomic mass is 35.5. The fraction of sp³-hybridized carbons (Fsp3) is 0.727. The van der Waals surface area contributed by atoms with Crippen molar-refractivity contribution in [2.24, 2.45) is 0 Å². The summed E-state index contributed by atoms with van der Waals surface area (Å²) in [5.74, 6) is 0.575. The van der Waals surface area contributed by atoms with E-state index in [-0.39, 0.29) is 12.2 Å². The van der Waals surface area contributed by atoms with Crippen LogP contribution in [0.2, 0.25) is 5.02 Å². The number of nitrogens with zero attached hydrogens (tertiary/aromatic N) is 2. The molecule has 0 aliphatic carbocycles. The first-order valence-corrected chi connectivity index (χ1v) is 6.02. The quantitative estimate of drug-likeness (QED) is 0.825. The van der Waals surface area contributed by atoms with Gasteiger partial charge in [-0.3, -0.25) is 0 Å². The second kappa shape index (κ2) is 4.26. The third kappa shape index (κ3) is 2.04. The molecule has 0 aromatic carbocycles. The highest BCUT2D eigenvalue weighted by Gasteiger charge is 2.28. The van der Waals surface area contributed by atoms with Crippen LogP contribution in [0, 0.1) is 6.92 Å². The molecule has 0 saturated carbocycles. The maximum Gasteiger partial charge on any atom is 0.141 e. The van der Waals surface area contributed by atoms with Crippen LogP contribution < -0.4 is 5.73 Å². The molecule has 5 heteroatoms. The number of hydrogen-bond acceptors (Lipinski definition) is 3. The Morgan fingerprint density at radius 2 is 1.94 bits per heavy atom. The van der Waals surface area contributed by atoms with E-state index in [4.69, 9.17) is 22.1 Å². The Labute approximate surface area is 101 Å². The predicted molar refractivity (Wildman–Crippen MR) is 64.7 cm³/mol. The van der Waals surface area contributed by atoms with E-state index in [2.05, 4.69) is 18.9 Å². The van der Waals surface area contributed by atoms with Gasteiger partial charge in [-0.1, -0.05) is 11.6 Å². The van der Waals surface area contributed by atoms with Gasteiger partial charge in [-0.15, -0.1) is 0 Å². The topological polar surface area (TPSA) is 53.1 Å². The van der Waals surface area contributed by atoms with Gasteiger partial charge in [0.1, 0.15) is 10.8 Å². The molecule has 1 aromatic rings. The van der Waals surface area contributed by atoms with Crippen LogP contribution in [-0.2, 0) is 4.74 Å². The molecular formula is C11H18ClN3O. The van der Waals surface area contributed by atoms with Crippen molar-refractivity contribution in [3.8, 4) is 0 Å². The molecule has 2 atom stereocenters. The molecule has 0 amide bonds. The monoisotopic (exact) mass is 243 g/mol. The van der Waals surface area contributed by atoms with Crippen LogP contribution in [0.3, 0.4) is 0 Å². The molecule has 2 unspecified atom stereocenters. The lowest BCUT2D eigenvalue weighted by molar-refractivity contribution is -0.0502. The van der Waals surface area contributed by atoms with Gasteiger partial charge >= 0.3 is 0 Å².